The van der Waals surface area contributed by atoms with Gasteiger partial charge in [0.15, 0.2) is 0 Å². The van der Waals surface area contributed by atoms with Crippen molar-refractivity contribution in [1.82, 2.24) is 4.90 Å². The average Bonchev–Trinajstić information content (AvgIpc) is 2.65. The van der Waals surface area contributed by atoms with Crippen molar-refractivity contribution in [3.63, 3.8) is 0 Å². The molecular weight excluding hydrogens is 612 g/mol. The Kier molecular flexibility index (Phi) is 10.3. The van der Waals surface area contributed by atoms with Gasteiger partial charge in [-0.1, -0.05) is 0 Å². The number of ether oxygens (including phenoxy) is 1. The van der Waals surface area contributed by atoms with Crippen molar-refractivity contribution in [2.75, 3.05) is 14.1 Å². The van der Waals surface area contributed by atoms with Gasteiger partial charge in [-0.3, -0.25) is 0 Å². The number of carbonyl (C=O) groups excluding carboxylic acids is 2. The zero-order valence-corrected chi connectivity index (χ0v) is 27.5. The molecule has 0 aliphatic rings. The van der Waals surface area contributed by atoms with E-state index >= 15 is 0 Å². The van der Waals surface area contributed by atoms with Gasteiger partial charge in [-0.15, -0.1) is 0 Å². The second kappa shape index (κ2) is 11.4. The number of hydrogen-bond acceptors (Lipinski definition) is 3. The molecule has 0 heterocycles. The molecule has 0 radical (unpaired) electrons. The van der Waals surface area contributed by atoms with Crippen LogP contribution in [0.5, 0.6) is 0 Å². The van der Waals surface area contributed by atoms with Crippen LogP contribution in [0.3, 0.4) is 0 Å². The van der Waals surface area contributed by atoms with E-state index in [4.69, 9.17) is 4.74 Å². The first kappa shape index (κ1) is 29.0. The summed E-state index contributed by atoms with van der Waals surface area (Å²) in [6.45, 7) is 5.64. The monoisotopic (exact) mass is 655 g/mol. The molecule has 0 fully saturated rings. The number of benzene rings is 2. The van der Waals surface area contributed by atoms with E-state index in [1.54, 1.807) is 19.0 Å². The number of rotatable bonds is 4. The molecule has 0 atom stereocenters. The van der Waals surface area contributed by atoms with Gasteiger partial charge in [-0.05, 0) is 0 Å². The van der Waals surface area contributed by atoms with Crippen molar-refractivity contribution in [3.8, 4) is 0 Å². The molecule has 0 bridgehead atoms. The van der Waals surface area contributed by atoms with Crippen LogP contribution in [0.2, 0.25) is 29.6 Å². The minimum absolute atomic E-state index is 0.0747. The second-order valence-electron chi connectivity index (χ2n) is 11.4. The van der Waals surface area contributed by atoms with Crippen molar-refractivity contribution in [1.29, 1.82) is 0 Å². The molecule has 0 aliphatic heterocycles. The van der Waals surface area contributed by atoms with E-state index in [-0.39, 0.29) is 11.9 Å². The number of nitrogens with zero attached hydrogens (tertiary/aromatic N) is 1. The Bertz CT molecular complexity index is 899. The minimum atomic E-state index is -2.00. The molecule has 0 spiro atoms. The van der Waals surface area contributed by atoms with Gasteiger partial charge < -0.3 is 0 Å². The maximum absolute atomic E-state index is 11.8. The summed E-state index contributed by atoms with van der Waals surface area (Å²) in [5, 5.41) is 0. The first-order valence-corrected chi connectivity index (χ1v) is 31.1. The molecule has 0 aromatic heterocycles. The predicted molar refractivity (Wildman–Crippen MR) is 142 cm³/mol. The summed E-state index contributed by atoms with van der Waals surface area (Å²) in [5.41, 5.74) is 0.984. The summed E-state index contributed by atoms with van der Waals surface area (Å²) in [5.74, 6) is -0.168. The predicted octanol–water partition coefficient (Wildman–Crippen LogP) is 5.12. The van der Waals surface area contributed by atoms with Gasteiger partial charge in [0.25, 0.3) is 0 Å². The van der Waals surface area contributed by atoms with Crippen molar-refractivity contribution in [3.05, 3.63) is 59.7 Å². The van der Waals surface area contributed by atoms with Gasteiger partial charge in [-0.2, -0.15) is 0 Å². The zero-order valence-electron chi connectivity index (χ0n) is 21.8. The summed E-state index contributed by atoms with van der Waals surface area (Å²) in [7, 11) is 3.55. The Morgan fingerprint density at radius 2 is 1.03 bits per heavy atom. The van der Waals surface area contributed by atoms with E-state index in [0.717, 1.165) is 5.56 Å². The SMILES string of the molecule is CC(C)(C)OC(=O)c1cc[c]([Sn]([CH3])([CH3])[CH3])cc1.CN(C)C(=O)c1cc[c]([Sn]([CH3])([CH3])[CH3])cc1. The van der Waals surface area contributed by atoms with E-state index in [9.17, 15) is 9.59 Å². The topological polar surface area (TPSA) is 46.6 Å². The molecule has 0 unspecified atom stereocenters. The molecule has 2 aromatic carbocycles. The third kappa shape index (κ3) is 9.85. The number of amides is 1. The normalized spacial score (nSPS) is 11.8. The average molecular weight is 653 g/mol. The Morgan fingerprint density at radius 3 is 1.31 bits per heavy atom. The van der Waals surface area contributed by atoms with Crippen LogP contribution in [0.25, 0.3) is 0 Å². The van der Waals surface area contributed by atoms with Crippen molar-refractivity contribution < 1.29 is 14.3 Å². The Labute approximate surface area is 203 Å². The van der Waals surface area contributed by atoms with E-state index in [1.807, 2.05) is 45.0 Å². The third-order valence-corrected chi connectivity index (χ3v) is 16.6. The fourth-order valence-corrected chi connectivity index (χ4v) is 9.47. The van der Waals surface area contributed by atoms with E-state index in [1.165, 1.54) is 7.16 Å². The number of carbonyl (C=O) groups is 2. The van der Waals surface area contributed by atoms with E-state index in [0.29, 0.717) is 5.56 Å². The van der Waals surface area contributed by atoms with Gasteiger partial charge in [0.1, 0.15) is 0 Å². The summed E-state index contributed by atoms with van der Waals surface area (Å²) in [4.78, 5) is 39.3. The van der Waals surface area contributed by atoms with Gasteiger partial charge in [0.05, 0.1) is 0 Å². The first-order valence-electron chi connectivity index (χ1n) is 11.1. The van der Waals surface area contributed by atoms with Crippen LogP contribution in [0, 0.1) is 0 Å². The van der Waals surface area contributed by atoms with Crippen LogP contribution in [0.15, 0.2) is 48.5 Å². The van der Waals surface area contributed by atoms with Crippen LogP contribution >= 0.6 is 0 Å². The van der Waals surface area contributed by atoms with Crippen molar-refractivity contribution >= 4 is 55.8 Å². The standard InChI is InChI=1S/C11H13O2.C9H10NO.6CH3.2Sn/c1-11(2,3)13-10(12)9-7-5-4-6-8-9;1-10(2)9(11)8-6-4-3-5-7-8;;;;;;;;/h5-8H,1-3H3;4-7H,1-2H3;6*1H3;;. The quantitative estimate of drug-likeness (QED) is 0.341. The van der Waals surface area contributed by atoms with E-state index in [2.05, 4.69) is 53.9 Å². The molecule has 0 saturated heterocycles. The van der Waals surface area contributed by atoms with Crippen LogP contribution in [0.1, 0.15) is 41.5 Å². The van der Waals surface area contributed by atoms with Gasteiger partial charge in [0, 0.05) is 0 Å². The fourth-order valence-electron chi connectivity index (χ4n) is 2.81. The summed E-state index contributed by atoms with van der Waals surface area (Å²) < 4.78 is 8.21. The van der Waals surface area contributed by atoms with Crippen LogP contribution in [0.4, 0.5) is 0 Å². The summed E-state index contributed by atoms with van der Waals surface area (Å²) in [6, 6.07) is 16.0. The molecule has 2 aromatic rings. The molecule has 2 rings (SSSR count). The van der Waals surface area contributed by atoms with Crippen LogP contribution in [-0.4, -0.2) is 73.2 Å². The number of esters is 1. The van der Waals surface area contributed by atoms with Gasteiger partial charge in [0.2, 0.25) is 0 Å². The molecule has 32 heavy (non-hydrogen) atoms. The van der Waals surface area contributed by atoms with Crippen LogP contribution < -0.4 is 7.16 Å². The number of hydrogen-bond donors (Lipinski definition) is 0. The zero-order chi connectivity index (χ0) is 24.9. The van der Waals surface area contributed by atoms with Crippen molar-refractivity contribution in [2.45, 2.75) is 56.0 Å². The molecule has 0 N–H and O–H groups in total. The van der Waals surface area contributed by atoms with Gasteiger partial charge in [-0.25, -0.2) is 0 Å². The molecule has 6 heteroatoms. The molecule has 0 aliphatic carbocycles. The molecular formula is C26H41NO3Sn2. The summed E-state index contributed by atoms with van der Waals surface area (Å²) >= 11 is -3.95. The summed E-state index contributed by atoms with van der Waals surface area (Å²) in [6.07, 6.45) is 0. The van der Waals surface area contributed by atoms with Crippen LogP contribution in [-0.2, 0) is 4.74 Å². The van der Waals surface area contributed by atoms with Crippen molar-refractivity contribution in [2.24, 2.45) is 0 Å². The molecule has 4 nitrogen and oxygen atoms in total. The molecule has 1 amide bonds. The third-order valence-electron chi connectivity index (χ3n) is 4.79. The Morgan fingerprint density at radius 1 is 0.688 bits per heavy atom. The molecule has 176 valence electrons. The second-order valence-corrected chi connectivity index (χ2v) is 40.3. The molecule has 0 saturated carbocycles. The fraction of sp³-hybridized carbons (Fsp3) is 0.462. The Hall–Kier alpha value is -1.02. The van der Waals surface area contributed by atoms with E-state index < -0.39 is 42.4 Å². The maximum atomic E-state index is 11.8. The van der Waals surface area contributed by atoms with Gasteiger partial charge >= 0.3 is 205 Å². The Balaban J connectivity index is 0.000000323. The first-order chi connectivity index (χ1) is 14.4.